The summed E-state index contributed by atoms with van der Waals surface area (Å²) in [5, 5.41) is 22.0. The van der Waals surface area contributed by atoms with Crippen LogP contribution in [0.4, 0.5) is 0 Å². The van der Waals surface area contributed by atoms with Crippen LogP contribution in [0.2, 0.25) is 0 Å². The van der Waals surface area contributed by atoms with Crippen LogP contribution in [-0.2, 0) is 89.2 Å². The van der Waals surface area contributed by atoms with E-state index in [9.17, 15) is 98.0 Å². The van der Waals surface area contributed by atoms with Crippen LogP contribution < -0.4 is 135 Å². The SMILES string of the molecule is C=C(C)C(=O)NCCCNC(=O)C(CS(=O)(=O)[O-])NS(=O)(=O)c1cc(O)c2ccc3c(S(=O)(=O)NC(CS(=O)(=O)[O-])C(=O)NCCCNC(=O)C(=C)C)cc(S(=O)(=O)NC(CS(=O)(=O)[O-])C(=O)NCCCNC(=O)C(=C)C)c4ccc1c2c34.[Na+].[Na+].[Na+]. The first-order chi connectivity index (χ1) is 38.2. The van der Waals surface area contributed by atoms with Gasteiger partial charge in [-0.15, -0.1) is 0 Å². The molecule has 4 aromatic rings. The number of phenols is 1. The summed E-state index contributed by atoms with van der Waals surface area (Å²) >= 11 is 0. The molecule has 458 valence electrons. The average molecular weight is 1350 g/mol. The van der Waals surface area contributed by atoms with Crippen molar-refractivity contribution in [3.63, 3.8) is 0 Å². The second kappa shape index (κ2) is 33.3. The van der Waals surface area contributed by atoms with Crippen LogP contribution in [0, 0.1) is 0 Å². The second-order valence-electron chi connectivity index (χ2n) is 18.6. The average Bonchev–Trinajstić information content (AvgIpc) is 0.744. The largest absolute Gasteiger partial charge is 1.00 e. The summed E-state index contributed by atoms with van der Waals surface area (Å²) in [6.45, 7) is 13.2. The van der Waals surface area contributed by atoms with Gasteiger partial charge in [0, 0.05) is 94.4 Å². The van der Waals surface area contributed by atoms with Crippen molar-refractivity contribution in [2.45, 2.75) is 72.8 Å². The quantitative estimate of drug-likeness (QED) is 0.00696. The van der Waals surface area contributed by atoms with E-state index in [1.165, 1.54) is 20.8 Å². The minimum absolute atomic E-state index is 0. The Balaban J connectivity index is 0.0000123. The van der Waals surface area contributed by atoms with E-state index < -0.39 is 184 Å². The van der Waals surface area contributed by atoms with Crippen molar-refractivity contribution < 1.29 is 187 Å². The zero-order chi connectivity index (χ0) is 62.8. The fourth-order valence-electron chi connectivity index (χ4n) is 7.73. The summed E-state index contributed by atoms with van der Waals surface area (Å²) < 4.78 is 202. The molecular formula is C46H58N9Na3O22S6. The van der Waals surface area contributed by atoms with Crippen LogP contribution in [0.5, 0.6) is 5.75 Å². The van der Waals surface area contributed by atoms with Crippen molar-refractivity contribution in [3.05, 3.63) is 72.9 Å². The van der Waals surface area contributed by atoms with Gasteiger partial charge < -0.3 is 50.7 Å². The third kappa shape index (κ3) is 23.5. The standard InChI is InChI=1S/C46H61N9O22S6.3Na/c1-25(2)41(57)47-14-7-17-50-44(60)32(22-78(63,64)65)53-81(72,73)36-20-35(56)28-10-11-30-37(82(74,75)54-33(23-79(66,67)68)45(61)51-18-8-15-48-42(58)26(3)4)21-38(31-13-12-29(36)39(28)40(30)31)83(76,77)55-34(24-80(69,70)71)46(62)52-19-9-16-49-43(59)27(5)6;;;/h10-13,20-21,32-34,53-56H,1,3,5,7-9,14-19,22-24H2,2,4,6H3,(H,47,57)(H,48,58)(H,49,59)(H,50,60)(H,51,61)(H,52,62)(H,63,64,65)(H,66,67,68)(H,69,70,71);;;/q;3*+1/p-3. The van der Waals surface area contributed by atoms with Crippen LogP contribution in [-0.4, -0.2) is 179 Å². The van der Waals surface area contributed by atoms with E-state index in [-0.39, 0.29) is 164 Å². The van der Waals surface area contributed by atoms with Crippen molar-refractivity contribution in [1.29, 1.82) is 0 Å². The van der Waals surface area contributed by atoms with Crippen molar-refractivity contribution >= 4 is 128 Å². The molecule has 3 unspecified atom stereocenters. The van der Waals surface area contributed by atoms with Gasteiger partial charge in [0.15, 0.2) is 0 Å². The predicted octanol–water partition coefficient (Wildman–Crippen LogP) is -12.5. The van der Waals surface area contributed by atoms with Crippen LogP contribution >= 0.6 is 0 Å². The number of benzene rings is 4. The molecule has 0 aromatic heterocycles. The van der Waals surface area contributed by atoms with Crippen molar-refractivity contribution in [1.82, 2.24) is 46.1 Å². The monoisotopic (exact) mass is 1350 g/mol. The number of nitrogens with one attached hydrogen (secondary N) is 9. The van der Waals surface area contributed by atoms with Crippen molar-refractivity contribution in [2.75, 3.05) is 56.5 Å². The second-order valence-corrected chi connectivity index (χ2v) is 28.0. The Morgan fingerprint density at radius 1 is 0.419 bits per heavy atom. The van der Waals surface area contributed by atoms with Gasteiger partial charge in [-0.05, 0) is 52.2 Å². The number of hydrogen-bond acceptors (Lipinski definition) is 22. The van der Waals surface area contributed by atoms with Crippen LogP contribution in [0.1, 0.15) is 40.0 Å². The molecule has 0 spiro atoms. The van der Waals surface area contributed by atoms with Gasteiger partial charge in [0.1, 0.15) is 23.9 Å². The van der Waals surface area contributed by atoms with Gasteiger partial charge in [-0.2, -0.15) is 14.2 Å². The zero-order valence-electron chi connectivity index (χ0n) is 47.3. The van der Waals surface area contributed by atoms with Crippen molar-refractivity contribution in [3.8, 4) is 5.75 Å². The van der Waals surface area contributed by atoms with E-state index in [1.807, 2.05) is 0 Å². The summed E-state index contributed by atoms with van der Waals surface area (Å²) in [5.74, 6) is -12.2. The maximum absolute atomic E-state index is 14.7. The minimum Gasteiger partial charge on any atom is -0.748 e. The Bertz CT molecular complexity index is 3850. The van der Waals surface area contributed by atoms with Gasteiger partial charge in [0.05, 0.1) is 62.3 Å². The third-order valence-corrected chi connectivity index (χ3v) is 18.3. The van der Waals surface area contributed by atoms with Gasteiger partial charge >= 0.3 is 88.7 Å². The van der Waals surface area contributed by atoms with E-state index >= 15 is 0 Å². The maximum atomic E-state index is 14.7. The molecule has 4 aromatic carbocycles. The van der Waals surface area contributed by atoms with E-state index in [2.05, 4.69) is 51.6 Å². The fourth-order valence-corrected chi connectivity index (χ4v) is 14.3. The van der Waals surface area contributed by atoms with E-state index in [0.717, 1.165) is 24.3 Å². The molecule has 40 heteroatoms. The molecule has 0 bridgehead atoms. The summed E-state index contributed by atoms with van der Waals surface area (Å²) in [4.78, 5) is 72.4. The van der Waals surface area contributed by atoms with Gasteiger partial charge in [0.25, 0.3) is 0 Å². The van der Waals surface area contributed by atoms with E-state index in [1.54, 1.807) is 14.2 Å². The number of hydrogen-bond donors (Lipinski definition) is 10. The molecule has 0 radical (unpaired) electrons. The Hall–Kier alpha value is -3.78. The number of carbonyl (C=O) groups is 6. The number of rotatable bonds is 33. The van der Waals surface area contributed by atoms with Gasteiger partial charge in [-0.25, -0.2) is 50.5 Å². The molecule has 0 saturated heterocycles. The number of sulfonamides is 3. The molecule has 4 rings (SSSR count). The van der Waals surface area contributed by atoms with Crippen LogP contribution in [0.3, 0.4) is 0 Å². The first-order valence-electron chi connectivity index (χ1n) is 24.2. The van der Waals surface area contributed by atoms with Gasteiger partial charge in [-0.1, -0.05) is 37.9 Å². The molecule has 31 nitrogen and oxygen atoms in total. The molecule has 0 aliphatic carbocycles. The molecule has 86 heavy (non-hydrogen) atoms. The Kier molecular flexibility index (Phi) is 31.1. The predicted molar refractivity (Wildman–Crippen MR) is 294 cm³/mol. The normalized spacial score (nSPS) is 13.1. The smallest absolute Gasteiger partial charge is 0.748 e. The van der Waals surface area contributed by atoms with E-state index in [0.29, 0.717) is 12.1 Å². The summed E-state index contributed by atoms with van der Waals surface area (Å²) in [5.41, 5.74) is 0.385. The molecule has 10 N–H and O–H groups in total. The van der Waals surface area contributed by atoms with Crippen molar-refractivity contribution in [2.24, 2.45) is 0 Å². The molecule has 0 saturated carbocycles. The molecule has 0 aliphatic rings. The minimum atomic E-state index is -5.64. The summed E-state index contributed by atoms with van der Waals surface area (Å²) in [6.07, 6.45) is -0.115. The molecule has 6 amide bonds. The molecule has 0 heterocycles. The Labute approximate surface area is 562 Å². The number of carbonyl (C=O) groups excluding carboxylic acids is 6. The van der Waals surface area contributed by atoms with Gasteiger partial charge in [0.2, 0.25) is 65.5 Å². The van der Waals surface area contributed by atoms with E-state index in [4.69, 9.17) is 0 Å². The molecule has 0 aliphatic heterocycles. The van der Waals surface area contributed by atoms with Crippen LogP contribution in [0.15, 0.2) is 87.5 Å². The topological polar surface area (TPSA) is 505 Å². The number of amides is 6. The number of phenolic OH excluding ortho intramolecular Hbond substituents is 1. The molecule has 3 atom stereocenters. The third-order valence-electron chi connectivity index (χ3n) is 11.6. The fraction of sp³-hybridized carbons (Fsp3) is 0.391. The first kappa shape index (κ1) is 80.2. The summed E-state index contributed by atoms with van der Waals surface area (Å²) in [7, 11) is -33.2. The maximum Gasteiger partial charge on any atom is 1.00 e. The zero-order valence-corrected chi connectivity index (χ0v) is 58.2. The van der Waals surface area contributed by atoms with Crippen LogP contribution in [0.25, 0.3) is 32.3 Å². The summed E-state index contributed by atoms with van der Waals surface area (Å²) in [6, 6.07) is -2.88. The Morgan fingerprint density at radius 2 is 0.651 bits per heavy atom. The number of aromatic hydroxyl groups is 1. The Morgan fingerprint density at radius 3 is 0.907 bits per heavy atom. The molecule has 0 fully saturated rings. The molecular weight excluding hydrogens is 1290 g/mol. The van der Waals surface area contributed by atoms with Gasteiger partial charge in [-0.3, -0.25) is 28.8 Å². The first-order valence-corrected chi connectivity index (χ1v) is 33.3.